The SMILES string of the molecule is C=C/C=c1\c(=C(/C)N(c2ccc(C)cc2)c2ccc3ccc4c(N(c5ccc(/C(C)=C/C=C\C)cc5)c5cccc6c5OC5C(C)=CC=CC65)ccc5ccc2c3c54)oc2c(C3CCCCC3)cccc12. The summed E-state index contributed by atoms with van der Waals surface area (Å²) in [5, 5.41) is 9.42. The van der Waals surface area contributed by atoms with E-state index in [1.54, 1.807) is 0 Å². The highest BCUT2D eigenvalue weighted by Gasteiger charge is 2.38. The molecule has 1 fully saturated rings. The summed E-state index contributed by atoms with van der Waals surface area (Å²) in [5.41, 5.74) is 15.7. The number of allylic oxidation sites excluding steroid dienone is 7. The van der Waals surface area contributed by atoms with Gasteiger partial charge in [-0.2, -0.15) is 0 Å². The lowest BCUT2D eigenvalue weighted by molar-refractivity contribution is 0.256. The second kappa shape index (κ2) is 18.2. The van der Waals surface area contributed by atoms with Crippen molar-refractivity contribution in [3.8, 4) is 5.75 Å². The smallest absolute Gasteiger partial charge is 0.154 e. The first kappa shape index (κ1) is 44.4. The molecule has 0 N–H and O–H groups in total. The number of furan rings is 1. The number of hydrogen-bond acceptors (Lipinski definition) is 4. The minimum Gasteiger partial charge on any atom is -0.483 e. The second-order valence-corrected chi connectivity index (χ2v) is 20.0. The Morgan fingerprint density at radius 2 is 1.35 bits per heavy atom. The van der Waals surface area contributed by atoms with Crippen molar-refractivity contribution < 1.29 is 9.15 Å². The van der Waals surface area contributed by atoms with E-state index < -0.39 is 0 Å². The lowest BCUT2D eigenvalue weighted by Crippen LogP contribution is -2.29. The number of para-hydroxylation sites is 2. The van der Waals surface area contributed by atoms with Gasteiger partial charge in [0.2, 0.25) is 0 Å². The first-order chi connectivity index (χ1) is 34.8. The molecule has 8 aromatic carbocycles. The van der Waals surface area contributed by atoms with Gasteiger partial charge < -0.3 is 19.0 Å². The van der Waals surface area contributed by atoms with E-state index in [1.165, 1.54) is 97.8 Å². The van der Waals surface area contributed by atoms with Crippen molar-refractivity contribution in [2.24, 2.45) is 0 Å². The summed E-state index contributed by atoms with van der Waals surface area (Å²) >= 11 is 0. The van der Waals surface area contributed by atoms with Crippen LogP contribution in [-0.2, 0) is 0 Å². The van der Waals surface area contributed by atoms with Gasteiger partial charge in [-0.05, 0) is 140 Å². The van der Waals surface area contributed by atoms with Crippen LogP contribution in [0.25, 0.3) is 60.6 Å². The molecule has 1 aliphatic heterocycles. The number of benzene rings is 8. The Morgan fingerprint density at radius 3 is 2.08 bits per heavy atom. The summed E-state index contributed by atoms with van der Waals surface area (Å²) in [4.78, 5) is 4.85. The summed E-state index contributed by atoms with van der Waals surface area (Å²) < 4.78 is 14.3. The number of ether oxygens (including phenoxy) is 1. The normalized spacial score (nSPS) is 17.8. The number of fused-ring (bicyclic) bond motifs is 4. The first-order valence-electron chi connectivity index (χ1n) is 25.6. The molecule has 0 bridgehead atoms. The van der Waals surface area contributed by atoms with Crippen LogP contribution >= 0.6 is 0 Å². The van der Waals surface area contributed by atoms with Crippen LogP contribution in [0.3, 0.4) is 0 Å². The molecule has 2 heterocycles. The predicted octanol–water partition coefficient (Wildman–Crippen LogP) is 17.4. The van der Waals surface area contributed by atoms with E-state index in [0.717, 1.165) is 61.5 Å². The third kappa shape index (κ3) is 7.51. The van der Waals surface area contributed by atoms with Crippen LogP contribution in [0.4, 0.5) is 28.4 Å². The van der Waals surface area contributed by atoms with Crippen molar-refractivity contribution in [3.05, 3.63) is 221 Å². The Labute approximate surface area is 417 Å². The Hall–Kier alpha value is -7.82. The molecule has 1 aromatic heterocycles. The predicted molar refractivity (Wildman–Crippen MR) is 302 cm³/mol. The van der Waals surface area contributed by atoms with Gasteiger partial charge in [0.15, 0.2) is 5.42 Å². The van der Waals surface area contributed by atoms with E-state index in [0.29, 0.717) is 5.92 Å². The van der Waals surface area contributed by atoms with E-state index >= 15 is 0 Å². The average Bonchev–Trinajstić information content (AvgIpc) is 3.99. The van der Waals surface area contributed by atoms with Crippen molar-refractivity contribution in [1.82, 2.24) is 0 Å². The molecule has 2 aliphatic carbocycles. The Morgan fingerprint density at radius 1 is 0.676 bits per heavy atom. The molecule has 9 aromatic rings. The fourth-order valence-electron chi connectivity index (χ4n) is 12.0. The van der Waals surface area contributed by atoms with Crippen LogP contribution in [0.15, 0.2) is 193 Å². The highest BCUT2D eigenvalue weighted by Crippen LogP contribution is 2.53. The standard InChI is InChI=1S/C67H60N2O2/c1-7-9-17-43(4)46-28-36-51(37-29-46)69(61-25-15-24-56-54-22-13-18-44(5)64(54)70-67(56)61)60-41-33-49-30-38-57-59(40-32-48-31-39-58(60)63(49)62(48)57)68(50-34-26-42(3)27-35-50)45(6)65-53(16-8-2)55-23-14-21-52(66(55)71-65)47-19-11-10-12-20-47/h7-9,13-18,21-41,47,54,64H,2,10-12,19-20H2,1,3-6H3/b9-7-,43-17+,53-16-,65-45-. The van der Waals surface area contributed by atoms with Gasteiger partial charge in [-0.1, -0.05) is 171 Å². The third-order valence-corrected chi connectivity index (χ3v) is 15.6. The fraction of sp³-hybridized carbons (Fsp3) is 0.194. The maximum absolute atomic E-state index is 7.22. The summed E-state index contributed by atoms with van der Waals surface area (Å²) in [6.45, 7) is 15.0. The summed E-state index contributed by atoms with van der Waals surface area (Å²) in [6.07, 6.45) is 23.3. The van der Waals surface area contributed by atoms with Crippen molar-refractivity contribution >= 4 is 89.1 Å². The molecule has 0 amide bonds. The minimum absolute atomic E-state index is 0.0273. The molecular weight excluding hydrogens is 865 g/mol. The van der Waals surface area contributed by atoms with Crippen molar-refractivity contribution in [2.45, 2.75) is 84.7 Å². The molecule has 4 heteroatoms. The number of rotatable bonds is 10. The van der Waals surface area contributed by atoms with Crippen molar-refractivity contribution in [3.63, 3.8) is 0 Å². The molecule has 1 saturated carbocycles. The van der Waals surface area contributed by atoms with Gasteiger partial charge in [-0.3, -0.25) is 0 Å². The summed E-state index contributed by atoms with van der Waals surface area (Å²) in [7, 11) is 0. The number of hydrogen-bond donors (Lipinski definition) is 0. The van der Waals surface area contributed by atoms with Crippen LogP contribution < -0.4 is 25.2 Å². The van der Waals surface area contributed by atoms with Gasteiger partial charge in [0, 0.05) is 44.2 Å². The number of nitrogens with zero attached hydrogens (tertiary/aromatic N) is 2. The molecular formula is C67H60N2O2. The Bertz CT molecular complexity index is 3800. The maximum Gasteiger partial charge on any atom is 0.154 e. The quantitative estimate of drug-likeness (QED) is 0.101. The van der Waals surface area contributed by atoms with Crippen LogP contribution in [0.5, 0.6) is 5.75 Å². The van der Waals surface area contributed by atoms with Crippen LogP contribution in [0.1, 0.15) is 93.9 Å². The van der Waals surface area contributed by atoms with Gasteiger partial charge >= 0.3 is 0 Å². The van der Waals surface area contributed by atoms with E-state index in [2.05, 4.69) is 227 Å². The molecule has 2 atom stereocenters. The van der Waals surface area contributed by atoms with E-state index in [-0.39, 0.29) is 12.0 Å². The topological polar surface area (TPSA) is 28.9 Å². The van der Waals surface area contributed by atoms with Gasteiger partial charge in [-0.25, -0.2) is 0 Å². The van der Waals surface area contributed by atoms with E-state index in [1.807, 2.05) is 6.08 Å². The monoisotopic (exact) mass is 924 g/mol. The maximum atomic E-state index is 7.22. The zero-order chi connectivity index (χ0) is 48.3. The summed E-state index contributed by atoms with van der Waals surface area (Å²) in [6, 6.07) is 49.8. The fourth-order valence-corrected chi connectivity index (χ4v) is 12.0. The van der Waals surface area contributed by atoms with Crippen LogP contribution in [0.2, 0.25) is 0 Å². The molecule has 350 valence electrons. The first-order valence-corrected chi connectivity index (χ1v) is 25.6. The van der Waals surface area contributed by atoms with Gasteiger partial charge in [0.1, 0.15) is 17.4 Å². The lowest BCUT2D eigenvalue weighted by atomic mass is 9.83. The molecule has 0 radical (unpaired) electrons. The highest BCUT2D eigenvalue weighted by atomic mass is 16.5. The molecule has 2 unspecified atom stereocenters. The molecule has 0 spiro atoms. The average molecular weight is 925 g/mol. The largest absolute Gasteiger partial charge is 0.483 e. The molecule has 4 nitrogen and oxygen atoms in total. The van der Waals surface area contributed by atoms with Gasteiger partial charge in [0.25, 0.3) is 0 Å². The second-order valence-electron chi connectivity index (χ2n) is 20.0. The van der Waals surface area contributed by atoms with Crippen LogP contribution in [0, 0.1) is 6.92 Å². The van der Waals surface area contributed by atoms with E-state index in [9.17, 15) is 0 Å². The zero-order valence-corrected chi connectivity index (χ0v) is 41.5. The lowest BCUT2D eigenvalue weighted by Gasteiger charge is -2.30. The third-order valence-electron chi connectivity index (χ3n) is 15.6. The van der Waals surface area contributed by atoms with Gasteiger partial charge in [0.05, 0.1) is 22.8 Å². The Balaban J connectivity index is 1.09. The summed E-state index contributed by atoms with van der Waals surface area (Å²) in [5.74, 6) is 1.61. The molecule has 71 heavy (non-hydrogen) atoms. The number of anilines is 5. The van der Waals surface area contributed by atoms with Crippen LogP contribution in [-0.4, -0.2) is 6.10 Å². The van der Waals surface area contributed by atoms with E-state index in [4.69, 9.17) is 9.15 Å². The molecule has 0 saturated heterocycles. The Kier molecular flexibility index (Phi) is 11.4. The highest BCUT2D eigenvalue weighted by molar-refractivity contribution is 6.28. The molecule has 3 aliphatic rings. The minimum atomic E-state index is -0.0273. The number of aryl methyl sites for hydroxylation is 1. The van der Waals surface area contributed by atoms with Crippen molar-refractivity contribution in [1.29, 1.82) is 0 Å². The molecule has 12 rings (SSSR count). The van der Waals surface area contributed by atoms with Gasteiger partial charge in [-0.15, -0.1) is 0 Å². The zero-order valence-electron chi connectivity index (χ0n) is 41.5. The van der Waals surface area contributed by atoms with Crippen molar-refractivity contribution in [2.75, 3.05) is 9.80 Å².